The van der Waals surface area contributed by atoms with Gasteiger partial charge in [0.15, 0.2) is 6.29 Å². The van der Waals surface area contributed by atoms with E-state index in [4.69, 9.17) is 4.74 Å². The maximum absolute atomic E-state index is 13.5. The van der Waals surface area contributed by atoms with Gasteiger partial charge in [-0.15, -0.1) is 0 Å². The van der Waals surface area contributed by atoms with Gasteiger partial charge in [0.25, 0.3) is 0 Å². The number of carbonyl (C=O) groups excluding carboxylic acids is 2. The molecule has 24 heavy (non-hydrogen) atoms. The van der Waals surface area contributed by atoms with Gasteiger partial charge in [0, 0.05) is 5.56 Å². The van der Waals surface area contributed by atoms with Gasteiger partial charge in [-0.3, -0.25) is 4.79 Å². The molecule has 0 saturated carbocycles. The summed E-state index contributed by atoms with van der Waals surface area (Å²) in [5, 5.41) is 9.59. The molecule has 0 aromatic heterocycles. The fraction of sp³-hybridized carbons (Fsp3) is 0.211. The average molecular weight is 325 g/mol. The molecule has 0 saturated heterocycles. The Morgan fingerprint density at radius 2 is 2.00 bits per heavy atom. The first-order valence-electron chi connectivity index (χ1n) is 7.27. The number of halogens is 1. The zero-order valence-electron chi connectivity index (χ0n) is 13.6. The predicted octanol–water partition coefficient (Wildman–Crippen LogP) is 3.70. The minimum Gasteiger partial charge on any atom is -0.465 e. The maximum Gasteiger partial charge on any atom is 0.338 e. The summed E-state index contributed by atoms with van der Waals surface area (Å²) in [6.07, 6.45) is 0.599. The van der Waals surface area contributed by atoms with Gasteiger partial charge in [0.05, 0.1) is 24.7 Å². The molecule has 0 spiro atoms. The van der Waals surface area contributed by atoms with Crippen LogP contribution in [-0.2, 0) is 4.74 Å². The van der Waals surface area contributed by atoms with Gasteiger partial charge in [-0.05, 0) is 54.3 Å². The number of nitriles is 1. The lowest BCUT2D eigenvalue weighted by Crippen LogP contribution is -2.12. The van der Waals surface area contributed by atoms with Crippen LogP contribution in [0.3, 0.4) is 0 Å². The summed E-state index contributed by atoms with van der Waals surface area (Å²) in [4.78, 5) is 23.4. The lowest BCUT2D eigenvalue weighted by Gasteiger charge is -2.18. The molecule has 0 N–H and O–H groups in total. The number of hydrogen-bond acceptors (Lipinski definition) is 4. The van der Waals surface area contributed by atoms with Crippen molar-refractivity contribution in [3.63, 3.8) is 0 Å². The van der Waals surface area contributed by atoms with E-state index < -0.39 is 17.7 Å². The van der Waals surface area contributed by atoms with Crippen LogP contribution in [0.5, 0.6) is 0 Å². The summed E-state index contributed by atoms with van der Waals surface area (Å²) >= 11 is 0. The smallest absolute Gasteiger partial charge is 0.338 e. The molecule has 1 atom stereocenters. The Labute approximate surface area is 139 Å². The number of benzene rings is 2. The predicted molar refractivity (Wildman–Crippen MR) is 86.5 cm³/mol. The molecule has 2 aromatic rings. The fourth-order valence-electron chi connectivity index (χ4n) is 2.70. The van der Waals surface area contributed by atoms with Crippen LogP contribution < -0.4 is 0 Å². The molecule has 0 heterocycles. The first-order chi connectivity index (χ1) is 11.4. The van der Waals surface area contributed by atoms with Crippen molar-refractivity contribution < 1.29 is 18.7 Å². The fourth-order valence-corrected chi connectivity index (χ4v) is 2.70. The molecule has 4 nitrogen and oxygen atoms in total. The Kier molecular flexibility index (Phi) is 5.10. The Bertz CT molecular complexity index is 852. The minimum absolute atomic E-state index is 0.0993. The van der Waals surface area contributed by atoms with Crippen molar-refractivity contribution in [2.45, 2.75) is 19.8 Å². The molecule has 5 heteroatoms. The quantitative estimate of drug-likeness (QED) is 0.635. The SMILES string of the molecule is COC(=O)c1cc(C(C#N)c2cccc(F)c2)c(C)c(C)c1C=O. The summed E-state index contributed by atoms with van der Waals surface area (Å²) in [7, 11) is 1.22. The molecule has 0 radical (unpaired) electrons. The molecule has 0 aliphatic rings. The number of esters is 1. The summed E-state index contributed by atoms with van der Waals surface area (Å²) < 4.78 is 18.2. The van der Waals surface area contributed by atoms with Crippen LogP contribution in [0.1, 0.15) is 48.9 Å². The number of hydrogen-bond donors (Lipinski definition) is 0. The van der Waals surface area contributed by atoms with Crippen molar-refractivity contribution in [3.05, 3.63) is 69.5 Å². The lowest BCUT2D eigenvalue weighted by atomic mass is 9.84. The molecular formula is C19H16FNO3. The topological polar surface area (TPSA) is 67.2 Å². The monoisotopic (exact) mass is 325 g/mol. The third-order valence-corrected chi connectivity index (χ3v) is 4.13. The molecule has 2 rings (SSSR count). The first kappa shape index (κ1) is 17.4. The van der Waals surface area contributed by atoms with E-state index in [-0.39, 0.29) is 11.1 Å². The number of carbonyl (C=O) groups is 2. The van der Waals surface area contributed by atoms with E-state index in [2.05, 4.69) is 6.07 Å². The van der Waals surface area contributed by atoms with Gasteiger partial charge in [-0.2, -0.15) is 5.26 Å². The van der Waals surface area contributed by atoms with Crippen molar-refractivity contribution in [2.75, 3.05) is 7.11 Å². The van der Waals surface area contributed by atoms with Crippen LogP contribution in [0.15, 0.2) is 30.3 Å². The number of methoxy groups -OCH3 is 1. The molecule has 0 fully saturated rings. The second kappa shape index (κ2) is 7.05. The zero-order chi connectivity index (χ0) is 17.9. The highest BCUT2D eigenvalue weighted by atomic mass is 19.1. The van der Waals surface area contributed by atoms with Crippen molar-refractivity contribution >= 4 is 12.3 Å². The summed E-state index contributed by atoms with van der Waals surface area (Å²) in [5.41, 5.74) is 2.67. The van der Waals surface area contributed by atoms with Crippen molar-refractivity contribution in [3.8, 4) is 6.07 Å². The molecule has 2 aromatic carbocycles. The molecule has 0 aliphatic heterocycles. The number of rotatable bonds is 4. The standard InChI is InChI=1S/C19H16FNO3/c1-11-12(2)18(10-22)16(19(23)24-3)8-15(11)17(9-21)13-5-4-6-14(20)7-13/h4-8,10,17H,1-3H3. The van der Waals surface area contributed by atoms with E-state index in [1.54, 1.807) is 19.9 Å². The third kappa shape index (κ3) is 3.04. The zero-order valence-corrected chi connectivity index (χ0v) is 13.6. The van der Waals surface area contributed by atoms with Crippen LogP contribution in [-0.4, -0.2) is 19.4 Å². The summed E-state index contributed by atoms with van der Waals surface area (Å²) in [5.74, 6) is -1.86. The van der Waals surface area contributed by atoms with Crippen LogP contribution in [0, 0.1) is 31.0 Å². The van der Waals surface area contributed by atoms with E-state index >= 15 is 0 Å². The van der Waals surface area contributed by atoms with Crippen LogP contribution >= 0.6 is 0 Å². The number of ether oxygens (including phenoxy) is 1. The van der Waals surface area contributed by atoms with Crippen molar-refractivity contribution in [2.24, 2.45) is 0 Å². The Morgan fingerprint density at radius 1 is 1.29 bits per heavy atom. The molecule has 0 amide bonds. The summed E-state index contributed by atoms with van der Waals surface area (Å²) in [6.45, 7) is 3.47. The first-order valence-corrected chi connectivity index (χ1v) is 7.27. The molecule has 0 aliphatic carbocycles. The van der Waals surface area contributed by atoms with Gasteiger partial charge in [-0.1, -0.05) is 12.1 Å². The molecular weight excluding hydrogens is 309 g/mol. The molecule has 122 valence electrons. The van der Waals surface area contributed by atoms with Gasteiger partial charge in [-0.25, -0.2) is 9.18 Å². The summed E-state index contributed by atoms with van der Waals surface area (Å²) in [6, 6.07) is 9.39. The Balaban J connectivity index is 2.73. The average Bonchev–Trinajstić information content (AvgIpc) is 2.58. The van der Waals surface area contributed by atoms with Crippen molar-refractivity contribution in [1.82, 2.24) is 0 Å². The van der Waals surface area contributed by atoms with E-state index in [1.807, 2.05) is 0 Å². The Hall–Kier alpha value is -3.00. The number of nitrogens with zero attached hydrogens (tertiary/aromatic N) is 1. The minimum atomic E-state index is -0.761. The third-order valence-electron chi connectivity index (χ3n) is 4.13. The van der Waals surface area contributed by atoms with Gasteiger partial charge < -0.3 is 4.74 Å². The lowest BCUT2D eigenvalue weighted by molar-refractivity contribution is 0.0598. The van der Waals surface area contributed by atoms with E-state index in [1.165, 1.54) is 31.4 Å². The maximum atomic E-state index is 13.5. The van der Waals surface area contributed by atoms with Crippen molar-refractivity contribution in [1.29, 1.82) is 5.26 Å². The number of aldehydes is 1. The second-order valence-corrected chi connectivity index (χ2v) is 5.40. The van der Waals surface area contributed by atoms with E-state index in [0.717, 1.165) is 0 Å². The highest BCUT2D eigenvalue weighted by molar-refractivity contribution is 5.99. The molecule has 1 unspecified atom stereocenters. The Morgan fingerprint density at radius 3 is 2.54 bits per heavy atom. The van der Waals surface area contributed by atoms with Crippen LogP contribution in [0.2, 0.25) is 0 Å². The molecule has 0 bridgehead atoms. The van der Waals surface area contributed by atoms with Crippen LogP contribution in [0.4, 0.5) is 4.39 Å². The van der Waals surface area contributed by atoms with E-state index in [9.17, 15) is 19.2 Å². The normalized spacial score (nSPS) is 11.5. The van der Waals surface area contributed by atoms with Crippen LogP contribution in [0.25, 0.3) is 0 Å². The van der Waals surface area contributed by atoms with Gasteiger partial charge in [0.1, 0.15) is 5.82 Å². The second-order valence-electron chi connectivity index (χ2n) is 5.40. The van der Waals surface area contributed by atoms with Gasteiger partial charge >= 0.3 is 5.97 Å². The van der Waals surface area contributed by atoms with E-state index in [0.29, 0.717) is 28.5 Å². The highest BCUT2D eigenvalue weighted by Crippen LogP contribution is 2.32. The largest absolute Gasteiger partial charge is 0.465 e. The van der Waals surface area contributed by atoms with Gasteiger partial charge in [0.2, 0.25) is 0 Å². The highest BCUT2D eigenvalue weighted by Gasteiger charge is 2.23.